The molecule has 2 aromatic carbocycles. The van der Waals surface area contributed by atoms with Crippen molar-refractivity contribution in [3.8, 4) is 0 Å². The molecule has 2 atom stereocenters. The fourth-order valence-electron chi connectivity index (χ4n) is 5.62. The Morgan fingerprint density at radius 1 is 0.793 bits per heavy atom. The predicted octanol–water partition coefficient (Wildman–Crippen LogP) is 0.256. The van der Waals surface area contributed by atoms with Gasteiger partial charge in [0.1, 0.15) is 32.7 Å². The predicted molar refractivity (Wildman–Crippen MR) is 111 cm³/mol. The second kappa shape index (κ2) is 7.88. The van der Waals surface area contributed by atoms with Crippen molar-refractivity contribution in [1.29, 1.82) is 0 Å². The summed E-state index contributed by atoms with van der Waals surface area (Å²) < 4.78 is 0. The maximum Gasteiger partial charge on any atom is 0.237 e. The van der Waals surface area contributed by atoms with Gasteiger partial charge in [0.25, 0.3) is 0 Å². The van der Waals surface area contributed by atoms with Crippen LogP contribution in [0.1, 0.15) is 31.2 Å². The fourth-order valence-corrected chi connectivity index (χ4v) is 5.62. The number of hydrogen-bond donors (Lipinski definition) is 2. The van der Waals surface area contributed by atoms with Crippen molar-refractivity contribution in [1.82, 2.24) is 4.90 Å². The van der Waals surface area contributed by atoms with E-state index in [1.165, 1.54) is 21.2 Å². The summed E-state index contributed by atoms with van der Waals surface area (Å²) in [7, 11) is 0. The first-order chi connectivity index (χ1) is 14.2. The van der Waals surface area contributed by atoms with Crippen molar-refractivity contribution in [2.24, 2.45) is 11.8 Å². The highest BCUT2D eigenvalue weighted by molar-refractivity contribution is 6.05. The Labute approximate surface area is 172 Å². The third kappa shape index (κ3) is 3.58. The molecule has 0 aromatic heterocycles. The van der Waals surface area contributed by atoms with Crippen molar-refractivity contribution in [2.45, 2.75) is 32.2 Å². The van der Waals surface area contributed by atoms with E-state index in [0.29, 0.717) is 6.67 Å². The molecule has 3 aliphatic rings. The molecule has 5 nitrogen and oxygen atoms in total. The first-order valence-corrected chi connectivity index (χ1v) is 11.2. The van der Waals surface area contributed by atoms with Crippen molar-refractivity contribution in [3.63, 3.8) is 0 Å². The highest BCUT2D eigenvalue weighted by atomic mass is 16.2. The summed E-state index contributed by atoms with van der Waals surface area (Å²) in [6.07, 6.45) is 4.00. The lowest BCUT2D eigenvalue weighted by molar-refractivity contribution is -1.02. The second-order valence-corrected chi connectivity index (χ2v) is 9.08. The van der Waals surface area contributed by atoms with Gasteiger partial charge in [-0.3, -0.25) is 9.59 Å². The van der Waals surface area contributed by atoms with E-state index in [9.17, 15) is 9.59 Å². The van der Waals surface area contributed by atoms with Crippen LogP contribution in [0.5, 0.6) is 0 Å². The highest BCUT2D eigenvalue weighted by Gasteiger charge is 2.49. The van der Waals surface area contributed by atoms with Crippen molar-refractivity contribution in [2.75, 3.05) is 32.8 Å². The Bertz CT molecular complexity index is 890. The quantitative estimate of drug-likeness (QED) is 0.732. The number of carbonyl (C=O) groups is 2. The number of hydrogen-bond acceptors (Lipinski definition) is 2. The summed E-state index contributed by atoms with van der Waals surface area (Å²) in [5, 5.41) is 2.66. The summed E-state index contributed by atoms with van der Waals surface area (Å²) in [5.41, 5.74) is 1.41. The number of carbonyl (C=O) groups excluding carboxylic acids is 2. The van der Waals surface area contributed by atoms with Crippen LogP contribution in [0.4, 0.5) is 0 Å². The first-order valence-electron chi connectivity index (χ1n) is 11.2. The van der Waals surface area contributed by atoms with Crippen LogP contribution in [0.15, 0.2) is 42.5 Å². The van der Waals surface area contributed by atoms with E-state index in [2.05, 4.69) is 42.5 Å². The van der Waals surface area contributed by atoms with E-state index in [1.807, 2.05) is 0 Å². The first kappa shape index (κ1) is 18.8. The molecule has 2 N–H and O–H groups in total. The van der Waals surface area contributed by atoms with Crippen LogP contribution in [-0.2, 0) is 16.1 Å². The Hall–Kier alpha value is -2.24. The molecule has 0 bridgehead atoms. The third-order valence-corrected chi connectivity index (χ3v) is 7.30. The highest BCUT2D eigenvalue weighted by Crippen LogP contribution is 2.37. The molecule has 2 aromatic rings. The van der Waals surface area contributed by atoms with Crippen LogP contribution in [0.3, 0.4) is 0 Å². The number of quaternary nitrogens is 2. The molecule has 2 saturated heterocycles. The lowest BCUT2D eigenvalue weighted by Crippen LogP contribution is -3.28. The number of nitrogens with one attached hydrogen (secondary N) is 2. The average Bonchev–Trinajstić information content (AvgIpc) is 3.00. The number of imide groups is 1. The number of fused-ring (bicyclic) bond motifs is 2. The molecular weight excluding hydrogens is 362 g/mol. The Kier molecular flexibility index (Phi) is 5.10. The van der Waals surface area contributed by atoms with E-state index in [1.54, 1.807) is 9.80 Å². The van der Waals surface area contributed by atoms with Gasteiger partial charge in [-0.05, 0) is 23.6 Å². The SMILES string of the molecule is O=C1[C@@H]2CCCC[C@H]2C(=O)N1C[NH+]1CC[NH+](Cc2cccc3ccccc23)CC1. The normalized spacial score (nSPS) is 30.0. The summed E-state index contributed by atoms with van der Waals surface area (Å²) in [6.45, 7) is 5.83. The zero-order valence-corrected chi connectivity index (χ0v) is 17.0. The minimum Gasteiger partial charge on any atom is -0.322 e. The molecule has 0 radical (unpaired) electrons. The maximum absolute atomic E-state index is 12.7. The van der Waals surface area contributed by atoms with Gasteiger partial charge in [0.15, 0.2) is 6.67 Å². The fraction of sp³-hybridized carbons (Fsp3) is 0.500. The Balaban J connectivity index is 1.19. The summed E-state index contributed by atoms with van der Waals surface area (Å²) in [4.78, 5) is 30.1. The van der Waals surface area contributed by atoms with Gasteiger partial charge in [0.05, 0.1) is 11.8 Å². The molecule has 2 aliphatic heterocycles. The summed E-state index contributed by atoms with van der Waals surface area (Å²) in [5.74, 6) is 0.179. The molecule has 0 unspecified atom stereocenters. The van der Waals surface area contributed by atoms with E-state index < -0.39 is 0 Å². The lowest BCUT2D eigenvalue weighted by Gasteiger charge is -2.31. The van der Waals surface area contributed by atoms with Crippen LogP contribution in [0.25, 0.3) is 10.8 Å². The average molecular weight is 394 g/mol. The van der Waals surface area contributed by atoms with Gasteiger partial charge in [0, 0.05) is 5.56 Å². The van der Waals surface area contributed by atoms with Gasteiger partial charge in [-0.15, -0.1) is 0 Å². The monoisotopic (exact) mass is 393 g/mol. The molecular formula is C24H31N3O2+2. The minimum atomic E-state index is -0.0195. The van der Waals surface area contributed by atoms with Gasteiger partial charge >= 0.3 is 0 Å². The second-order valence-electron chi connectivity index (χ2n) is 9.08. The molecule has 0 spiro atoms. The zero-order valence-electron chi connectivity index (χ0n) is 17.0. The molecule has 1 saturated carbocycles. The molecule has 2 heterocycles. The lowest BCUT2D eigenvalue weighted by atomic mass is 9.81. The number of amides is 2. The third-order valence-electron chi connectivity index (χ3n) is 7.30. The molecule has 5 rings (SSSR count). The van der Waals surface area contributed by atoms with Gasteiger partial charge < -0.3 is 9.80 Å². The van der Waals surface area contributed by atoms with Crippen LogP contribution in [-0.4, -0.2) is 49.6 Å². The van der Waals surface area contributed by atoms with Gasteiger partial charge in [0.2, 0.25) is 11.8 Å². The van der Waals surface area contributed by atoms with Gasteiger partial charge in [-0.1, -0.05) is 55.3 Å². The number of benzene rings is 2. The Morgan fingerprint density at radius 3 is 2.14 bits per heavy atom. The van der Waals surface area contributed by atoms with Crippen LogP contribution in [0, 0.1) is 11.8 Å². The Morgan fingerprint density at radius 2 is 1.41 bits per heavy atom. The molecule has 2 amide bonds. The number of piperazine rings is 1. The maximum atomic E-state index is 12.7. The molecule has 152 valence electrons. The summed E-state index contributed by atoms with van der Waals surface area (Å²) in [6, 6.07) is 15.2. The van der Waals surface area contributed by atoms with E-state index in [4.69, 9.17) is 0 Å². The summed E-state index contributed by atoms with van der Waals surface area (Å²) >= 11 is 0. The van der Waals surface area contributed by atoms with E-state index in [0.717, 1.165) is 58.4 Å². The van der Waals surface area contributed by atoms with Crippen LogP contribution < -0.4 is 9.80 Å². The van der Waals surface area contributed by atoms with Crippen LogP contribution in [0.2, 0.25) is 0 Å². The van der Waals surface area contributed by atoms with Crippen molar-refractivity contribution in [3.05, 3.63) is 48.0 Å². The number of nitrogens with zero attached hydrogens (tertiary/aromatic N) is 1. The largest absolute Gasteiger partial charge is 0.322 e. The zero-order chi connectivity index (χ0) is 19.8. The molecule has 3 fully saturated rings. The number of rotatable bonds is 4. The van der Waals surface area contributed by atoms with Crippen LogP contribution >= 0.6 is 0 Å². The van der Waals surface area contributed by atoms with Gasteiger partial charge in [-0.2, -0.15) is 0 Å². The van der Waals surface area contributed by atoms with E-state index >= 15 is 0 Å². The van der Waals surface area contributed by atoms with E-state index in [-0.39, 0.29) is 23.7 Å². The topological polar surface area (TPSA) is 46.3 Å². The van der Waals surface area contributed by atoms with Gasteiger partial charge in [-0.25, -0.2) is 4.90 Å². The number of likely N-dealkylation sites (tertiary alicyclic amines) is 1. The smallest absolute Gasteiger partial charge is 0.237 e. The molecule has 29 heavy (non-hydrogen) atoms. The standard InChI is InChI=1S/C24H29N3O2/c28-23-21-10-3-4-11-22(21)24(29)27(23)17-26-14-12-25(13-15-26)16-19-8-5-7-18-6-1-2-9-20(18)19/h1-2,5-9,21-22H,3-4,10-17H2/p+2/t21-,22-/m1/s1. The van der Waals surface area contributed by atoms with Crippen molar-refractivity contribution >= 4 is 22.6 Å². The molecule has 5 heteroatoms. The minimum absolute atomic E-state index is 0.0195. The van der Waals surface area contributed by atoms with Crippen molar-refractivity contribution < 1.29 is 19.4 Å². The molecule has 1 aliphatic carbocycles.